The van der Waals surface area contributed by atoms with Crippen molar-refractivity contribution >= 4 is 28.6 Å². The Morgan fingerprint density at radius 3 is 2.69 bits per heavy atom. The van der Waals surface area contributed by atoms with Gasteiger partial charge < -0.3 is 9.47 Å². The average Bonchev–Trinajstić information content (AvgIpc) is 2.52. The summed E-state index contributed by atoms with van der Waals surface area (Å²) >= 11 is 7.67. The molecule has 4 heteroatoms. The van der Waals surface area contributed by atoms with Gasteiger partial charge in [0.05, 0.1) is 0 Å². The molecule has 0 fully saturated rings. The maximum absolute atomic E-state index is 5.27. The van der Waals surface area contributed by atoms with Crippen molar-refractivity contribution in [2.45, 2.75) is 6.42 Å². The molecule has 0 saturated carbocycles. The summed E-state index contributed by atoms with van der Waals surface area (Å²) in [5, 5.41) is 0. The number of hydrogen-bond acceptors (Lipinski definition) is 3. The van der Waals surface area contributed by atoms with Gasteiger partial charge in [-0.25, -0.2) is 0 Å². The van der Waals surface area contributed by atoms with Crippen LogP contribution in [0.4, 0.5) is 0 Å². The van der Waals surface area contributed by atoms with Gasteiger partial charge in [0.15, 0.2) is 11.5 Å². The Morgan fingerprint density at radius 2 is 2.00 bits per heavy atom. The summed E-state index contributed by atoms with van der Waals surface area (Å²) in [5.74, 6) is 2.48. The predicted molar refractivity (Wildman–Crippen MR) is 57.8 cm³/mol. The van der Waals surface area contributed by atoms with Gasteiger partial charge in [0.2, 0.25) is 6.79 Å². The van der Waals surface area contributed by atoms with Crippen molar-refractivity contribution in [1.82, 2.24) is 0 Å². The van der Waals surface area contributed by atoms with E-state index in [1.165, 1.54) is 5.56 Å². The summed E-state index contributed by atoms with van der Waals surface area (Å²) in [5.41, 5.74) is 1.21. The number of halogens is 1. The normalized spacial score (nSPS) is 13.4. The van der Waals surface area contributed by atoms with E-state index in [1.807, 2.05) is 12.1 Å². The van der Waals surface area contributed by atoms with E-state index in [0.29, 0.717) is 6.79 Å². The Bertz CT molecular complexity index is 328. The second-order valence-electron chi connectivity index (χ2n) is 2.77. The van der Waals surface area contributed by atoms with Crippen LogP contribution >= 0.6 is 28.6 Å². The molecule has 0 N–H and O–H groups in total. The summed E-state index contributed by atoms with van der Waals surface area (Å²) in [4.78, 5) is 0. The van der Waals surface area contributed by atoms with Gasteiger partial charge in [0, 0.05) is 4.47 Å². The lowest BCUT2D eigenvalue weighted by atomic mass is 10.1. The third kappa shape index (κ3) is 1.79. The zero-order valence-electron chi connectivity index (χ0n) is 6.92. The van der Waals surface area contributed by atoms with Crippen molar-refractivity contribution in [3.63, 3.8) is 0 Å². The fraction of sp³-hybridized carbons (Fsp3) is 0.333. The van der Waals surface area contributed by atoms with Crippen LogP contribution in [-0.4, -0.2) is 12.5 Å². The summed E-state index contributed by atoms with van der Waals surface area (Å²) in [6, 6.07) is 3.95. The second-order valence-corrected chi connectivity index (χ2v) is 4.07. The number of hydrogen-bond donors (Lipinski definition) is 1. The highest BCUT2D eigenvalue weighted by molar-refractivity contribution is 9.10. The van der Waals surface area contributed by atoms with E-state index in [0.717, 1.165) is 28.1 Å². The van der Waals surface area contributed by atoms with Gasteiger partial charge in [-0.2, -0.15) is 12.6 Å². The first-order chi connectivity index (χ1) is 6.31. The molecule has 1 aliphatic rings. The van der Waals surface area contributed by atoms with Gasteiger partial charge >= 0.3 is 0 Å². The van der Waals surface area contributed by atoms with E-state index < -0.39 is 0 Å². The van der Waals surface area contributed by atoms with Crippen molar-refractivity contribution < 1.29 is 9.47 Å². The summed E-state index contributed by atoms with van der Waals surface area (Å²) in [7, 11) is 0. The molecule has 0 aliphatic carbocycles. The van der Waals surface area contributed by atoms with Crippen LogP contribution in [0.3, 0.4) is 0 Å². The number of thiol groups is 1. The fourth-order valence-corrected chi connectivity index (χ4v) is 2.03. The minimum Gasteiger partial charge on any atom is -0.454 e. The number of ether oxygens (including phenoxy) is 2. The largest absolute Gasteiger partial charge is 0.454 e. The molecular formula is C9H9BrO2S. The molecule has 0 spiro atoms. The summed E-state index contributed by atoms with van der Waals surface area (Å²) in [6.07, 6.45) is 0.931. The monoisotopic (exact) mass is 260 g/mol. The van der Waals surface area contributed by atoms with Crippen LogP contribution < -0.4 is 9.47 Å². The lowest BCUT2D eigenvalue weighted by molar-refractivity contribution is 0.174. The van der Waals surface area contributed by atoms with Crippen molar-refractivity contribution in [1.29, 1.82) is 0 Å². The van der Waals surface area contributed by atoms with Gasteiger partial charge in [-0.3, -0.25) is 0 Å². The lowest BCUT2D eigenvalue weighted by Gasteiger charge is -2.03. The number of fused-ring (bicyclic) bond motifs is 1. The highest BCUT2D eigenvalue weighted by Crippen LogP contribution is 2.37. The molecule has 0 aromatic heterocycles. The molecule has 1 heterocycles. The maximum Gasteiger partial charge on any atom is 0.231 e. The smallest absolute Gasteiger partial charge is 0.231 e. The first-order valence-electron chi connectivity index (χ1n) is 4.00. The van der Waals surface area contributed by atoms with Crippen molar-refractivity contribution in [3.8, 4) is 11.5 Å². The topological polar surface area (TPSA) is 18.5 Å². The molecule has 2 nitrogen and oxygen atoms in total. The van der Waals surface area contributed by atoms with Crippen LogP contribution in [0.1, 0.15) is 5.56 Å². The van der Waals surface area contributed by atoms with E-state index in [1.54, 1.807) is 0 Å². The Labute approximate surface area is 90.8 Å². The van der Waals surface area contributed by atoms with Crippen molar-refractivity contribution in [3.05, 3.63) is 22.2 Å². The predicted octanol–water partition coefficient (Wildman–Crippen LogP) is 2.65. The van der Waals surface area contributed by atoms with Crippen molar-refractivity contribution in [2.24, 2.45) is 0 Å². The van der Waals surface area contributed by atoms with Gasteiger partial charge in [-0.15, -0.1) is 0 Å². The molecule has 1 aliphatic heterocycles. The van der Waals surface area contributed by atoms with E-state index in [-0.39, 0.29) is 0 Å². The molecule has 13 heavy (non-hydrogen) atoms. The molecule has 1 aromatic rings. The Morgan fingerprint density at radius 1 is 1.31 bits per heavy atom. The minimum absolute atomic E-state index is 0.325. The third-order valence-electron chi connectivity index (χ3n) is 1.92. The maximum atomic E-state index is 5.27. The molecule has 2 rings (SSSR count). The fourth-order valence-electron chi connectivity index (χ4n) is 1.27. The Hall–Kier alpha value is -0.350. The van der Waals surface area contributed by atoms with E-state index >= 15 is 0 Å². The van der Waals surface area contributed by atoms with E-state index in [9.17, 15) is 0 Å². The highest BCUT2D eigenvalue weighted by Gasteiger charge is 2.15. The standard InChI is InChI=1S/C9H9BrO2S/c10-7-4-9-8(11-5-12-9)3-6(7)1-2-13/h3-4,13H,1-2,5H2. The zero-order valence-corrected chi connectivity index (χ0v) is 9.40. The molecule has 0 atom stereocenters. The summed E-state index contributed by atoms with van der Waals surface area (Å²) in [6.45, 7) is 0.325. The molecule has 70 valence electrons. The molecular weight excluding hydrogens is 252 g/mol. The van der Waals surface area contributed by atoms with Crippen LogP contribution in [0.5, 0.6) is 11.5 Å². The molecule has 0 unspecified atom stereocenters. The average molecular weight is 261 g/mol. The van der Waals surface area contributed by atoms with Gasteiger partial charge in [0.25, 0.3) is 0 Å². The Kier molecular flexibility index (Phi) is 2.69. The first-order valence-corrected chi connectivity index (χ1v) is 5.42. The third-order valence-corrected chi connectivity index (χ3v) is 2.88. The van der Waals surface area contributed by atoms with E-state index in [2.05, 4.69) is 28.6 Å². The molecule has 0 amide bonds. The van der Waals surface area contributed by atoms with Gasteiger partial charge in [0.1, 0.15) is 0 Å². The zero-order chi connectivity index (χ0) is 9.26. The van der Waals surface area contributed by atoms with Crippen LogP contribution in [0.2, 0.25) is 0 Å². The van der Waals surface area contributed by atoms with E-state index in [4.69, 9.17) is 9.47 Å². The quantitative estimate of drug-likeness (QED) is 0.825. The summed E-state index contributed by atoms with van der Waals surface area (Å²) < 4.78 is 11.6. The molecule has 0 bridgehead atoms. The van der Waals surface area contributed by atoms with Crippen LogP contribution in [0, 0.1) is 0 Å². The number of benzene rings is 1. The highest BCUT2D eigenvalue weighted by atomic mass is 79.9. The SMILES string of the molecule is SCCc1cc2c(cc1Br)OCO2. The van der Waals surface area contributed by atoms with Gasteiger partial charge in [-0.1, -0.05) is 15.9 Å². The number of rotatable bonds is 2. The van der Waals surface area contributed by atoms with Crippen LogP contribution in [0.25, 0.3) is 0 Å². The molecule has 1 aromatic carbocycles. The van der Waals surface area contributed by atoms with Crippen LogP contribution in [0.15, 0.2) is 16.6 Å². The van der Waals surface area contributed by atoms with Crippen LogP contribution in [-0.2, 0) is 6.42 Å². The lowest BCUT2D eigenvalue weighted by Crippen LogP contribution is -1.93. The minimum atomic E-state index is 0.325. The van der Waals surface area contributed by atoms with Gasteiger partial charge in [-0.05, 0) is 29.9 Å². The second kappa shape index (κ2) is 3.80. The first kappa shape index (κ1) is 9.21. The van der Waals surface area contributed by atoms with Crippen molar-refractivity contribution in [2.75, 3.05) is 12.5 Å². The molecule has 0 radical (unpaired) electrons. The number of aryl methyl sites for hydroxylation is 1. The Balaban J connectivity index is 2.37. The molecule has 0 saturated heterocycles.